The van der Waals surface area contributed by atoms with E-state index in [1.54, 1.807) is 0 Å². The zero-order valence-corrected chi connectivity index (χ0v) is 35.5. The lowest BCUT2D eigenvalue weighted by atomic mass is 9.73. The van der Waals surface area contributed by atoms with Crippen LogP contribution in [0.3, 0.4) is 0 Å². The van der Waals surface area contributed by atoms with Crippen molar-refractivity contribution in [2.75, 3.05) is 25.0 Å². The Bertz CT molecular complexity index is 2880. The fraction of sp³-hybridized carbons (Fsp3) is 0.196. The number of rotatable bonds is 8. The molecule has 3 unspecified atom stereocenters. The second-order valence-electron chi connectivity index (χ2n) is 17.6. The summed E-state index contributed by atoms with van der Waals surface area (Å²) in [5, 5.41) is 6.08. The summed E-state index contributed by atoms with van der Waals surface area (Å²) in [5.41, 5.74) is 20.5. The maximum absolute atomic E-state index is 4.89. The van der Waals surface area contributed by atoms with E-state index in [2.05, 4.69) is 207 Å². The van der Waals surface area contributed by atoms with Gasteiger partial charge in [0.05, 0.1) is 23.2 Å². The van der Waals surface area contributed by atoms with Crippen molar-refractivity contribution < 1.29 is 10.2 Å². The van der Waals surface area contributed by atoms with E-state index in [0.717, 1.165) is 37.3 Å². The lowest BCUT2D eigenvalue weighted by Crippen LogP contribution is -3.11. The number of nitrogens with two attached hydrogens (primary N) is 1. The van der Waals surface area contributed by atoms with Gasteiger partial charge in [0.2, 0.25) is 0 Å². The van der Waals surface area contributed by atoms with Crippen LogP contribution in [0.25, 0.3) is 47.6 Å². The average molecular weight is 796 g/mol. The molecule has 4 aromatic rings. The van der Waals surface area contributed by atoms with Crippen molar-refractivity contribution in [3.05, 3.63) is 195 Å². The molecule has 4 aromatic carbocycles. The summed E-state index contributed by atoms with van der Waals surface area (Å²) in [6.45, 7) is 8.78. The normalized spacial score (nSPS) is 23.1. The third kappa shape index (κ3) is 6.01. The molecule has 0 fully saturated rings. The summed E-state index contributed by atoms with van der Waals surface area (Å²) in [5.74, 6) is 0.921. The van der Waals surface area contributed by atoms with Crippen LogP contribution in [-0.2, 0) is 5.41 Å². The van der Waals surface area contributed by atoms with Gasteiger partial charge in [0.1, 0.15) is 29.5 Å². The van der Waals surface area contributed by atoms with Crippen molar-refractivity contribution in [1.29, 1.82) is 0 Å². The van der Waals surface area contributed by atoms with Gasteiger partial charge in [-0.25, -0.2) is 4.99 Å². The molecule has 61 heavy (non-hydrogen) atoms. The van der Waals surface area contributed by atoms with E-state index in [4.69, 9.17) is 4.99 Å². The van der Waals surface area contributed by atoms with Gasteiger partial charge >= 0.3 is 0 Å². The lowest BCUT2D eigenvalue weighted by Gasteiger charge is -2.36. The highest BCUT2D eigenvalue weighted by molar-refractivity contribution is 6.06. The number of aliphatic imine (C=N–C) groups is 1. The zero-order valence-electron chi connectivity index (χ0n) is 35.5. The van der Waals surface area contributed by atoms with Gasteiger partial charge in [-0.3, -0.25) is 4.90 Å². The van der Waals surface area contributed by atoms with Crippen molar-refractivity contribution in [3.8, 4) is 11.1 Å². The molecule has 5 heteroatoms. The Kier molecular flexibility index (Phi) is 8.96. The van der Waals surface area contributed by atoms with E-state index in [1.807, 2.05) is 6.20 Å². The third-order valence-corrected chi connectivity index (χ3v) is 14.3. The van der Waals surface area contributed by atoms with Crippen LogP contribution < -0.4 is 20.4 Å². The predicted octanol–water partition coefficient (Wildman–Crippen LogP) is 9.83. The summed E-state index contributed by atoms with van der Waals surface area (Å²) in [7, 11) is 2.22. The van der Waals surface area contributed by atoms with Crippen LogP contribution >= 0.6 is 0 Å². The van der Waals surface area contributed by atoms with Crippen LogP contribution in [0.5, 0.6) is 0 Å². The number of benzene rings is 4. The number of nitrogens with zero attached hydrogens (tertiary/aromatic N) is 2. The topological polar surface area (TPSA) is 48.7 Å². The van der Waals surface area contributed by atoms with Crippen LogP contribution in [0.15, 0.2) is 150 Å². The van der Waals surface area contributed by atoms with E-state index in [0.29, 0.717) is 6.04 Å². The Morgan fingerprint density at radius 3 is 2.25 bits per heavy atom. The molecule has 3 aliphatic carbocycles. The van der Waals surface area contributed by atoms with E-state index >= 15 is 0 Å². The predicted molar refractivity (Wildman–Crippen MR) is 257 cm³/mol. The van der Waals surface area contributed by atoms with Crippen molar-refractivity contribution in [3.63, 3.8) is 0 Å². The minimum Gasteiger partial charge on any atom is -0.366 e. The molecule has 4 N–H and O–H groups in total. The second-order valence-corrected chi connectivity index (χ2v) is 17.6. The third-order valence-electron chi connectivity index (χ3n) is 14.3. The Hall–Kier alpha value is -6.53. The Labute approximate surface area is 360 Å². The molecule has 7 aliphatic rings. The standard InChI is InChI=1S/C56H51N5/c1-5-56(6-2)48-33-37(18-22-39-24-28-47(52-43(39)15-11-31-57-52)54-58-35-42-14-9-10-30-55(42,3)59-54)20-26-45(48)46-27-21-38(34-49(46)56)19-23-40-25-29-51(53-44(40)16-12-32-60(53)4)61-36-41-13-7-8-17-50(41)61/h7-30,33-36,50,57H,5-6,31-32H2,1-4H3,(H,58,59)/p+2/b22-18+,23-19+. The second kappa shape index (κ2) is 14.6. The minimum absolute atomic E-state index is 0.0414. The Balaban J connectivity index is 0.884. The van der Waals surface area contributed by atoms with Crippen molar-refractivity contribution in [1.82, 2.24) is 5.32 Å². The first-order valence-electron chi connectivity index (χ1n) is 22.1. The summed E-state index contributed by atoms with van der Waals surface area (Å²) >= 11 is 0. The molecule has 3 atom stereocenters. The molecule has 5 nitrogen and oxygen atoms in total. The van der Waals surface area contributed by atoms with Crippen LogP contribution in [0, 0.1) is 0 Å². The molecular weight excluding hydrogens is 743 g/mol. The highest BCUT2D eigenvalue weighted by Crippen LogP contribution is 2.53. The van der Waals surface area contributed by atoms with Gasteiger partial charge < -0.3 is 15.5 Å². The fourth-order valence-corrected chi connectivity index (χ4v) is 10.8. The van der Waals surface area contributed by atoms with Crippen molar-refractivity contribution in [2.24, 2.45) is 4.99 Å². The van der Waals surface area contributed by atoms with E-state index in [-0.39, 0.29) is 11.0 Å². The van der Waals surface area contributed by atoms with E-state index in [9.17, 15) is 0 Å². The number of hydrogen-bond donors (Lipinski definition) is 3. The number of nitrogens with one attached hydrogen (secondary N) is 2. The number of anilines is 1. The lowest BCUT2D eigenvalue weighted by molar-refractivity contribution is -0.812. The van der Waals surface area contributed by atoms with E-state index in [1.165, 1.54) is 88.7 Å². The Morgan fingerprint density at radius 2 is 1.49 bits per heavy atom. The maximum Gasteiger partial charge on any atom is 0.160 e. The fourth-order valence-electron chi connectivity index (χ4n) is 10.8. The first-order chi connectivity index (χ1) is 29.9. The number of likely N-dealkylation sites (N-methyl/N-ethyl adjacent to an activating group) is 1. The van der Waals surface area contributed by atoms with Crippen molar-refractivity contribution in [2.45, 2.75) is 50.6 Å². The zero-order chi connectivity index (χ0) is 41.3. The summed E-state index contributed by atoms with van der Waals surface area (Å²) in [6.07, 6.45) is 42.3. The molecule has 11 rings (SSSR count). The molecule has 300 valence electrons. The van der Waals surface area contributed by atoms with Gasteiger partial charge in [-0.15, -0.1) is 0 Å². The first kappa shape index (κ1) is 37.5. The summed E-state index contributed by atoms with van der Waals surface area (Å²) in [6, 6.07) is 23.8. The van der Waals surface area contributed by atoms with Crippen molar-refractivity contribution >= 4 is 59.4 Å². The van der Waals surface area contributed by atoms with Crippen LogP contribution in [0.2, 0.25) is 0 Å². The SMILES string of the molecule is CCC1(CC)c2cc(/C=C/c3ccc(C4=NC=C5C=CC=CC5(C)N4)c4c3C=CC[NH2+]4)ccc2-c2ccc(/C=C/c3ccc([NH+]4C=C5C=CC=CC54)c4c3C=CCN4C)cc21. The molecule has 0 bridgehead atoms. The first-order valence-corrected chi connectivity index (χ1v) is 22.1. The average Bonchev–Trinajstić information content (AvgIpc) is 3.56. The molecule has 0 radical (unpaired) electrons. The number of quaternary nitrogens is 2. The van der Waals surface area contributed by atoms with Gasteiger partial charge in [-0.2, -0.15) is 0 Å². The number of hydrogen-bond acceptors (Lipinski definition) is 3. The monoisotopic (exact) mass is 795 g/mol. The van der Waals surface area contributed by atoms with Crippen LogP contribution in [0.1, 0.15) is 83.7 Å². The largest absolute Gasteiger partial charge is 0.366 e. The van der Waals surface area contributed by atoms with Gasteiger partial charge in [0, 0.05) is 42.4 Å². The molecule has 0 amide bonds. The van der Waals surface area contributed by atoms with Crippen LogP contribution in [-0.4, -0.2) is 37.6 Å². The number of allylic oxidation sites excluding steroid dienone is 4. The summed E-state index contributed by atoms with van der Waals surface area (Å²) in [4.78, 5) is 8.72. The molecule has 0 aromatic heterocycles. The molecule has 4 heterocycles. The number of fused-ring (bicyclic) bond motifs is 7. The van der Waals surface area contributed by atoms with Crippen LogP contribution in [0.4, 0.5) is 17.1 Å². The molecular formula is C56H53N5+2. The molecule has 0 saturated heterocycles. The molecule has 0 saturated carbocycles. The maximum atomic E-state index is 4.89. The number of amidine groups is 1. The smallest absolute Gasteiger partial charge is 0.160 e. The van der Waals surface area contributed by atoms with Gasteiger partial charge in [-0.1, -0.05) is 129 Å². The van der Waals surface area contributed by atoms with Gasteiger partial charge in [-0.05, 0) is 106 Å². The molecule has 0 spiro atoms. The highest BCUT2D eigenvalue weighted by atomic mass is 15.2. The van der Waals surface area contributed by atoms with Gasteiger partial charge in [0.25, 0.3) is 0 Å². The quantitative estimate of drug-likeness (QED) is 0.123. The Morgan fingerprint density at radius 1 is 0.787 bits per heavy atom. The van der Waals surface area contributed by atoms with E-state index < -0.39 is 0 Å². The minimum atomic E-state index is -0.260. The highest BCUT2D eigenvalue weighted by Gasteiger charge is 2.41. The summed E-state index contributed by atoms with van der Waals surface area (Å²) < 4.78 is 0. The van der Waals surface area contributed by atoms with Gasteiger partial charge in [0.15, 0.2) is 5.69 Å². The molecule has 4 aliphatic heterocycles.